The van der Waals surface area contributed by atoms with Gasteiger partial charge in [-0.15, -0.1) is 17.0 Å². The van der Waals surface area contributed by atoms with Crippen molar-refractivity contribution in [2.45, 2.75) is 6.61 Å². The summed E-state index contributed by atoms with van der Waals surface area (Å²) in [6.07, 6.45) is -0.706. The van der Waals surface area contributed by atoms with E-state index in [1.807, 2.05) is 42.5 Å². The van der Waals surface area contributed by atoms with E-state index in [1.54, 1.807) is 85.9 Å². The van der Waals surface area contributed by atoms with Gasteiger partial charge in [0, 0.05) is 46.4 Å². The maximum Gasteiger partial charge on any atom is 0.407 e. The SMILES string of the molecule is Br.CN(C(=O)CN)c1ccc(Cl)cc1C(=O)c1ccccc1.CN(C(=O)CNC(=O)OCc1ccccc1)c1ccc(Cl)cc1C(=O)c1ccccc1. The van der Waals surface area contributed by atoms with E-state index in [9.17, 15) is 24.0 Å². The Morgan fingerprint density at radius 1 is 0.623 bits per heavy atom. The van der Waals surface area contributed by atoms with Gasteiger partial charge in [0.15, 0.2) is 11.6 Å². The first-order chi connectivity index (χ1) is 25.0. The minimum atomic E-state index is -0.706. The van der Waals surface area contributed by atoms with Gasteiger partial charge in [0.1, 0.15) is 13.2 Å². The quantitative estimate of drug-likeness (QED) is 0.131. The van der Waals surface area contributed by atoms with Crippen LogP contribution in [0.4, 0.5) is 16.2 Å². The number of ether oxygens (including phenoxy) is 1. The number of nitrogens with two attached hydrogens (primary N) is 1. The molecule has 0 aromatic heterocycles. The molecule has 0 saturated carbocycles. The van der Waals surface area contributed by atoms with Gasteiger partial charge in [-0.05, 0) is 42.0 Å². The lowest BCUT2D eigenvalue weighted by atomic mass is 10.0. The van der Waals surface area contributed by atoms with E-state index in [4.69, 9.17) is 33.7 Å². The fourth-order valence-electron chi connectivity index (χ4n) is 4.90. The van der Waals surface area contributed by atoms with E-state index in [-0.39, 0.29) is 54.2 Å². The van der Waals surface area contributed by atoms with Crippen molar-refractivity contribution in [3.8, 4) is 0 Å². The number of alkyl carbamates (subject to hydrolysis) is 1. The summed E-state index contributed by atoms with van der Waals surface area (Å²) in [5, 5.41) is 3.25. The van der Waals surface area contributed by atoms with Crippen LogP contribution in [0.25, 0.3) is 0 Å². The number of likely N-dealkylation sites (N-methyl/N-ethyl adjacent to an activating group) is 2. The summed E-state index contributed by atoms with van der Waals surface area (Å²) >= 11 is 12.1. The first kappa shape index (κ1) is 42.1. The van der Waals surface area contributed by atoms with E-state index in [2.05, 4.69) is 5.32 Å². The Bertz CT molecular complexity index is 2040. The van der Waals surface area contributed by atoms with Crippen molar-refractivity contribution in [1.29, 1.82) is 0 Å². The van der Waals surface area contributed by atoms with Gasteiger partial charge < -0.3 is 25.6 Å². The van der Waals surface area contributed by atoms with Gasteiger partial charge in [0.2, 0.25) is 11.8 Å². The minimum Gasteiger partial charge on any atom is -0.445 e. The molecule has 53 heavy (non-hydrogen) atoms. The number of carbonyl (C=O) groups is 5. The maximum atomic E-state index is 12.9. The van der Waals surface area contributed by atoms with Crippen molar-refractivity contribution in [3.05, 3.63) is 165 Å². The highest BCUT2D eigenvalue weighted by atomic mass is 79.9. The van der Waals surface area contributed by atoms with Crippen LogP contribution in [0.3, 0.4) is 0 Å². The summed E-state index contributed by atoms with van der Waals surface area (Å²) in [5.41, 5.74) is 8.78. The number of rotatable bonds is 11. The Kier molecular flexibility index (Phi) is 16.4. The second-order valence-corrected chi connectivity index (χ2v) is 12.1. The van der Waals surface area contributed by atoms with Crippen LogP contribution in [0.15, 0.2) is 127 Å². The van der Waals surface area contributed by atoms with Crippen LogP contribution in [0.5, 0.6) is 0 Å². The molecule has 13 heteroatoms. The Balaban J connectivity index is 0.000000301. The molecule has 0 heterocycles. The number of ketones is 2. The van der Waals surface area contributed by atoms with Gasteiger partial charge in [-0.2, -0.15) is 0 Å². The van der Waals surface area contributed by atoms with Crippen molar-refractivity contribution >= 4 is 81.0 Å². The number of benzene rings is 5. The van der Waals surface area contributed by atoms with E-state index >= 15 is 0 Å². The molecule has 274 valence electrons. The second kappa shape index (κ2) is 20.6. The predicted octanol–water partition coefficient (Wildman–Crippen LogP) is 7.53. The summed E-state index contributed by atoms with van der Waals surface area (Å²) in [6, 6.07) is 36.4. The molecule has 0 aliphatic carbocycles. The monoisotopic (exact) mass is 818 g/mol. The third kappa shape index (κ3) is 11.8. The summed E-state index contributed by atoms with van der Waals surface area (Å²) < 4.78 is 5.11. The lowest BCUT2D eigenvalue weighted by Gasteiger charge is -2.21. The molecule has 0 radical (unpaired) electrons. The number of nitrogens with one attached hydrogen (secondary N) is 1. The lowest BCUT2D eigenvalue weighted by molar-refractivity contribution is -0.118. The zero-order valence-corrected chi connectivity index (χ0v) is 32.1. The molecule has 0 saturated heterocycles. The number of hydrogen-bond donors (Lipinski definition) is 2. The number of anilines is 2. The minimum absolute atomic E-state index is 0. The number of nitrogens with zero attached hydrogens (tertiary/aromatic N) is 2. The average Bonchev–Trinajstić information content (AvgIpc) is 3.18. The van der Waals surface area contributed by atoms with Crippen LogP contribution in [-0.4, -0.2) is 56.7 Å². The predicted molar refractivity (Wildman–Crippen MR) is 213 cm³/mol. The third-order valence-corrected chi connectivity index (χ3v) is 8.19. The third-order valence-electron chi connectivity index (χ3n) is 7.72. The molecule has 0 aliphatic rings. The molecule has 3 N–H and O–H groups in total. The Morgan fingerprint density at radius 3 is 1.47 bits per heavy atom. The second-order valence-electron chi connectivity index (χ2n) is 11.2. The fourth-order valence-corrected chi connectivity index (χ4v) is 5.25. The smallest absolute Gasteiger partial charge is 0.407 e. The molecule has 5 aromatic rings. The first-order valence-electron chi connectivity index (χ1n) is 16.0. The standard InChI is InChI=1S/C24H21ClN2O4.C16H15ClN2O2.BrH/c1-27(22(28)15-26-24(30)31-16-17-8-4-2-5-9-17)21-13-12-19(25)14-20(21)23(29)18-10-6-3-7-11-18;1-19(15(20)10-18)14-8-7-12(17)9-13(14)16(21)11-5-3-2-4-6-11;/h2-14H,15-16H2,1H3,(H,26,30);2-9H,10,18H2,1H3;1H. The first-order valence-corrected chi connectivity index (χ1v) is 16.7. The van der Waals surface area contributed by atoms with Crippen molar-refractivity contribution in [2.24, 2.45) is 5.73 Å². The van der Waals surface area contributed by atoms with Crippen LogP contribution < -0.4 is 20.9 Å². The number of halogens is 3. The van der Waals surface area contributed by atoms with Crippen molar-refractivity contribution in [2.75, 3.05) is 37.0 Å². The Morgan fingerprint density at radius 2 is 1.04 bits per heavy atom. The molecular formula is C40H37BrCl2N4O6. The van der Waals surface area contributed by atoms with Crippen molar-refractivity contribution < 1.29 is 28.7 Å². The summed E-state index contributed by atoms with van der Waals surface area (Å²) in [5.74, 6) is -1.14. The molecule has 0 unspecified atom stereocenters. The fraction of sp³-hybridized carbons (Fsp3) is 0.125. The highest BCUT2D eigenvalue weighted by Gasteiger charge is 2.22. The van der Waals surface area contributed by atoms with E-state index < -0.39 is 12.0 Å². The molecule has 10 nitrogen and oxygen atoms in total. The van der Waals surface area contributed by atoms with Gasteiger partial charge >= 0.3 is 6.09 Å². The Hall–Kier alpha value is -5.33. The van der Waals surface area contributed by atoms with Gasteiger partial charge in [-0.1, -0.05) is 114 Å². The van der Waals surface area contributed by atoms with Crippen molar-refractivity contribution in [3.63, 3.8) is 0 Å². The Labute approximate surface area is 328 Å². The summed E-state index contributed by atoms with van der Waals surface area (Å²) in [4.78, 5) is 64.5. The van der Waals surface area contributed by atoms with Gasteiger partial charge in [0.25, 0.3) is 0 Å². The molecule has 3 amide bonds. The number of hydrogen-bond acceptors (Lipinski definition) is 7. The van der Waals surface area contributed by atoms with Crippen LogP contribution in [0.1, 0.15) is 37.4 Å². The van der Waals surface area contributed by atoms with E-state index in [0.29, 0.717) is 43.7 Å². The molecule has 5 aromatic carbocycles. The normalized spacial score (nSPS) is 10.1. The molecule has 0 bridgehead atoms. The van der Waals surface area contributed by atoms with Gasteiger partial charge in [0.05, 0.1) is 17.9 Å². The largest absolute Gasteiger partial charge is 0.445 e. The van der Waals surface area contributed by atoms with Crippen molar-refractivity contribution in [1.82, 2.24) is 5.32 Å². The molecule has 0 aliphatic heterocycles. The van der Waals surface area contributed by atoms with Gasteiger partial charge in [-0.3, -0.25) is 19.2 Å². The van der Waals surface area contributed by atoms with Crippen LogP contribution >= 0.6 is 40.2 Å². The maximum absolute atomic E-state index is 12.9. The highest BCUT2D eigenvalue weighted by molar-refractivity contribution is 8.93. The number of amides is 3. The average molecular weight is 821 g/mol. The van der Waals surface area contributed by atoms with E-state index in [1.165, 1.54) is 22.9 Å². The van der Waals surface area contributed by atoms with Gasteiger partial charge in [-0.25, -0.2) is 4.79 Å². The summed E-state index contributed by atoms with van der Waals surface area (Å²) in [6.45, 7) is -0.312. The zero-order valence-electron chi connectivity index (χ0n) is 28.8. The lowest BCUT2D eigenvalue weighted by Crippen LogP contribution is -2.39. The molecule has 0 atom stereocenters. The molecular weight excluding hydrogens is 783 g/mol. The highest BCUT2D eigenvalue weighted by Crippen LogP contribution is 2.27. The van der Waals surface area contributed by atoms with Crippen LogP contribution in [0, 0.1) is 0 Å². The molecule has 0 fully saturated rings. The van der Waals surface area contributed by atoms with E-state index in [0.717, 1.165) is 5.56 Å². The van der Waals surface area contributed by atoms with Crippen LogP contribution in [-0.2, 0) is 20.9 Å². The summed E-state index contributed by atoms with van der Waals surface area (Å²) in [7, 11) is 3.12. The molecule has 0 spiro atoms. The number of carbonyl (C=O) groups excluding carboxylic acids is 5. The zero-order chi connectivity index (χ0) is 37.6. The topological polar surface area (TPSA) is 139 Å². The van der Waals surface area contributed by atoms with Crippen LogP contribution in [0.2, 0.25) is 10.0 Å². The molecule has 5 rings (SSSR count).